The zero-order valence-corrected chi connectivity index (χ0v) is 15.2. The quantitative estimate of drug-likeness (QED) is 0.503. The summed E-state index contributed by atoms with van der Waals surface area (Å²) in [5.74, 6) is 1.14. The number of carbonyl (C=O) groups excluding carboxylic acids is 1. The van der Waals surface area contributed by atoms with Gasteiger partial charge in [0.25, 0.3) is 5.91 Å². The van der Waals surface area contributed by atoms with Gasteiger partial charge >= 0.3 is 0 Å². The molecular formula is C19H13BrN2O4. The molecule has 4 aromatic rings. The molecule has 0 radical (unpaired) electrons. The number of benzene rings is 2. The number of anilines is 1. The van der Waals surface area contributed by atoms with Crippen LogP contribution in [0.3, 0.4) is 0 Å². The lowest BCUT2D eigenvalue weighted by molar-refractivity contribution is 0.0996. The number of carbonyl (C=O) groups is 1. The smallest absolute Gasteiger partial charge is 0.291 e. The molecule has 0 aliphatic rings. The Kier molecular flexibility index (Phi) is 4.22. The Balaban J connectivity index is 1.63. The van der Waals surface area contributed by atoms with E-state index in [0.717, 1.165) is 15.8 Å². The predicted molar refractivity (Wildman–Crippen MR) is 100 cm³/mol. The van der Waals surface area contributed by atoms with Gasteiger partial charge in [0.2, 0.25) is 5.89 Å². The van der Waals surface area contributed by atoms with E-state index in [0.29, 0.717) is 22.7 Å². The number of ether oxygens (including phenoxy) is 1. The maximum Gasteiger partial charge on any atom is 0.291 e. The number of nitrogens with zero attached hydrogens (tertiary/aromatic N) is 1. The number of aromatic nitrogens is 1. The number of rotatable bonds is 4. The normalized spacial score (nSPS) is 10.8. The molecule has 4 rings (SSSR count). The number of halogens is 1. The van der Waals surface area contributed by atoms with Crippen molar-refractivity contribution in [2.45, 2.75) is 0 Å². The van der Waals surface area contributed by atoms with Crippen molar-refractivity contribution in [2.75, 3.05) is 12.4 Å². The maximum absolute atomic E-state index is 12.1. The Labute approximate surface area is 156 Å². The van der Waals surface area contributed by atoms with Crippen LogP contribution in [0.5, 0.6) is 5.75 Å². The van der Waals surface area contributed by atoms with E-state index in [4.69, 9.17) is 13.6 Å². The molecule has 2 heterocycles. The van der Waals surface area contributed by atoms with Crippen molar-refractivity contribution in [3.8, 4) is 17.2 Å². The second kappa shape index (κ2) is 6.68. The lowest BCUT2D eigenvalue weighted by Crippen LogP contribution is -2.10. The zero-order chi connectivity index (χ0) is 18.1. The van der Waals surface area contributed by atoms with E-state index >= 15 is 0 Å². The molecule has 2 aromatic carbocycles. The highest BCUT2D eigenvalue weighted by Crippen LogP contribution is 2.32. The second-order valence-electron chi connectivity index (χ2n) is 5.48. The minimum Gasteiger partial charge on any atom is -0.496 e. The summed E-state index contributed by atoms with van der Waals surface area (Å²) in [5.41, 5.74) is 2.69. The first-order valence-electron chi connectivity index (χ1n) is 7.73. The average molecular weight is 413 g/mol. The lowest BCUT2D eigenvalue weighted by atomic mass is 10.2. The SMILES string of the molecule is COc1ccc(-c2nc3cc(NC(=O)c4ccco4)ccc3o2)cc1Br. The molecule has 1 N–H and O–H groups in total. The molecule has 0 aliphatic heterocycles. The van der Waals surface area contributed by atoms with Gasteiger partial charge in [-0.15, -0.1) is 0 Å². The summed E-state index contributed by atoms with van der Waals surface area (Å²) < 4.78 is 16.9. The number of furan rings is 1. The monoisotopic (exact) mass is 412 g/mol. The molecule has 0 bridgehead atoms. The van der Waals surface area contributed by atoms with E-state index in [1.54, 1.807) is 37.4 Å². The summed E-state index contributed by atoms with van der Waals surface area (Å²) in [6.07, 6.45) is 1.45. The summed E-state index contributed by atoms with van der Waals surface area (Å²) >= 11 is 3.46. The van der Waals surface area contributed by atoms with Gasteiger partial charge in [-0.25, -0.2) is 4.98 Å². The minimum atomic E-state index is -0.322. The van der Waals surface area contributed by atoms with Crippen molar-refractivity contribution >= 4 is 38.6 Å². The standard InChI is InChI=1S/C19H13BrN2O4/c1-24-15-6-4-11(9-13(15)20)19-22-14-10-12(5-7-16(14)26-19)21-18(23)17-3-2-8-25-17/h2-10H,1H3,(H,21,23). The topological polar surface area (TPSA) is 77.5 Å². The van der Waals surface area contributed by atoms with Crippen LogP contribution in [0.25, 0.3) is 22.6 Å². The van der Waals surface area contributed by atoms with Crippen LogP contribution in [-0.4, -0.2) is 18.0 Å². The number of amides is 1. The molecule has 2 aromatic heterocycles. The van der Waals surface area contributed by atoms with Crippen LogP contribution in [-0.2, 0) is 0 Å². The third-order valence-corrected chi connectivity index (χ3v) is 4.41. The highest BCUT2D eigenvalue weighted by Gasteiger charge is 2.13. The number of hydrogen-bond acceptors (Lipinski definition) is 5. The zero-order valence-electron chi connectivity index (χ0n) is 13.7. The molecule has 0 saturated carbocycles. The van der Waals surface area contributed by atoms with Crippen molar-refractivity contribution < 1.29 is 18.4 Å². The van der Waals surface area contributed by atoms with Gasteiger partial charge in [-0.2, -0.15) is 0 Å². The second-order valence-corrected chi connectivity index (χ2v) is 6.34. The molecule has 130 valence electrons. The fraction of sp³-hybridized carbons (Fsp3) is 0.0526. The van der Waals surface area contributed by atoms with Crippen molar-refractivity contribution in [2.24, 2.45) is 0 Å². The summed E-state index contributed by atoms with van der Waals surface area (Å²) in [6.45, 7) is 0. The van der Waals surface area contributed by atoms with Gasteiger partial charge in [-0.1, -0.05) is 0 Å². The molecule has 0 unspecified atom stereocenters. The molecule has 0 spiro atoms. The maximum atomic E-state index is 12.1. The molecule has 0 saturated heterocycles. The molecule has 1 amide bonds. The number of nitrogens with one attached hydrogen (secondary N) is 1. The van der Waals surface area contributed by atoms with Gasteiger partial charge in [0.05, 0.1) is 17.8 Å². The van der Waals surface area contributed by atoms with Crippen LogP contribution in [0, 0.1) is 0 Å². The van der Waals surface area contributed by atoms with Crippen molar-refractivity contribution in [3.63, 3.8) is 0 Å². The van der Waals surface area contributed by atoms with Crippen LogP contribution in [0.4, 0.5) is 5.69 Å². The Morgan fingerprint density at radius 3 is 2.81 bits per heavy atom. The van der Waals surface area contributed by atoms with E-state index in [2.05, 4.69) is 26.2 Å². The largest absolute Gasteiger partial charge is 0.496 e. The molecule has 0 aliphatic carbocycles. The van der Waals surface area contributed by atoms with Crippen LogP contribution in [0.2, 0.25) is 0 Å². The first kappa shape index (κ1) is 16.4. The Morgan fingerprint density at radius 1 is 1.19 bits per heavy atom. The molecule has 6 nitrogen and oxygen atoms in total. The van der Waals surface area contributed by atoms with Gasteiger partial charge < -0.3 is 18.9 Å². The van der Waals surface area contributed by atoms with E-state index in [1.165, 1.54) is 6.26 Å². The van der Waals surface area contributed by atoms with Crippen LogP contribution < -0.4 is 10.1 Å². The average Bonchev–Trinajstić information content (AvgIpc) is 3.31. The van der Waals surface area contributed by atoms with Gasteiger partial charge in [0.15, 0.2) is 11.3 Å². The van der Waals surface area contributed by atoms with Gasteiger partial charge in [-0.3, -0.25) is 4.79 Å². The highest BCUT2D eigenvalue weighted by molar-refractivity contribution is 9.10. The van der Waals surface area contributed by atoms with Gasteiger partial charge in [-0.05, 0) is 64.5 Å². The summed E-state index contributed by atoms with van der Waals surface area (Å²) in [4.78, 5) is 16.6. The molecule has 0 atom stereocenters. The molecule has 26 heavy (non-hydrogen) atoms. The Hall–Kier alpha value is -3.06. The number of fused-ring (bicyclic) bond motifs is 1. The first-order valence-corrected chi connectivity index (χ1v) is 8.53. The van der Waals surface area contributed by atoms with Crippen molar-refractivity contribution in [3.05, 3.63) is 65.0 Å². The summed E-state index contributed by atoms with van der Waals surface area (Å²) in [7, 11) is 1.61. The molecule has 7 heteroatoms. The third kappa shape index (κ3) is 3.09. The summed E-state index contributed by atoms with van der Waals surface area (Å²) in [5, 5.41) is 2.77. The number of oxazole rings is 1. The van der Waals surface area contributed by atoms with E-state index < -0.39 is 0 Å². The van der Waals surface area contributed by atoms with Gasteiger partial charge in [0, 0.05) is 11.3 Å². The highest BCUT2D eigenvalue weighted by atomic mass is 79.9. The van der Waals surface area contributed by atoms with Crippen molar-refractivity contribution in [1.29, 1.82) is 0 Å². The Bertz CT molecular complexity index is 1090. The van der Waals surface area contributed by atoms with Gasteiger partial charge in [0.1, 0.15) is 11.3 Å². The van der Waals surface area contributed by atoms with Crippen molar-refractivity contribution in [1.82, 2.24) is 4.98 Å². The van der Waals surface area contributed by atoms with E-state index in [9.17, 15) is 4.79 Å². The first-order chi connectivity index (χ1) is 12.6. The molecular weight excluding hydrogens is 400 g/mol. The van der Waals surface area contributed by atoms with Crippen LogP contribution >= 0.6 is 15.9 Å². The fourth-order valence-electron chi connectivity index (χ4n) is 2.53. The van der Waals surface area contributed by atoms with Crippen LogP contribution in [0.1, 0.15) is 10.6 Å². The van der Waals surface area contributed by atoms with E-state index in [-0.39, 0.29) is 11.7 Å². The third-order valence-electron chi connectivity index (χ3n) is 3.79. The summed E-state index contributed by atoms with van der Waals surface area (Å²) in [6, 6.07) is 14.1. The number of hydrogen-bond donors (Lipinski definition) is 1. The minimum absolute atomic E-state index is 0.244. The number of methoxy groups -OCH3 is 1. The fourth-order valence-corrected chi connectivity index (χ4v) is 3.07. The predicted octanol–water partition coefficient (Wildman–Crippen LogP) is 5.11. The lowest BCUT2D eigenvalue weighted by Gasteiger charge is -2.03. The Morgan fingerprint density at radius 2 is 2.08 bits per heavy atom. The van der Waals surface area contributed by atoms with E-state index in [1.807, 2.05) is 18.2 Å². The van der Waals surface area contributed by atoms with Crippen LogP contribution in [0.15, 0.2) is 68.1 Å². The molecule has 0 fully saturated rings.